The lowest BCUT2D eigenvalue weighted by Gasteiger charge is -2.21. The Bertz CT molecular complexity index is 1020. The average molecular weight is 401 g/mol. The molecule has 0 radical (unpaired) electrons. The molecule has 2 amide bonds. The third kappa shape index (κ3) is 4.28. The molecular weight excluding hydrogens is 381 g/mol. The first-order valence-corrected chi connectivity index (χ1v) is 9.51. The lowest BCUT2D eigenvalue weighted by atomic mass is 10.0. The second-order valence-electron chi connectivity index (χ2n) is 6.52. The van der Waals surface area contributed by atoms with Crippen molar-refractivity contribution in [3.63, 3.8) is 0 Å². The van der Waals surface area contributed by atoms with Crippen molar-refractivity contribution in [1.82, 2.24) is 10.3 Å². The van der Waals surface area contributed by atoms with Crippen LogP contribution in [-0.4, -0.2) is 29.9 Å². The minimum absolute atomic E-state index is 0.104. The molecule has 3 aromatic rings. The summed E-state index contributed by atoms with van der Waals surface area (Å²) in [5.74, 6) is -1.19. The Labute approximate surface area is 165 Å². The van der Waals surface area contributed by atoms with Gasteiger partial charge in [-0.15, -0.1) is 0 Å². The molecular formula is C20H20FN3O3S. The van der Waals surface area contributed by atoms with E-state index in [0.29, 0.717) is 10.9 Å². The number of rotatable bonds is 6. The lowest BCUT2D eigenvalue weighted by molar-refractivity contribution is -0.118. The first-order valence-electron chi connectivity index (χ1n) is 8.70. The van der Waals surface area contributed by atoms with E-state index in [1.54, 1.807) is 39.2 Å². The number of hydrogen-bond acceptors (Lipinski definition) is 5. The highest BCUT2D eigenvalue weighted by Gasteiger charge is 2.26. The van der Waals surface area contributed by atoms with Gasteiger partial charge >= 0.3 is 0 Å². The minimum Gasteiger partial charge on any atom is -0.497 e. The molecule has 2 N–H and O–H groups in total. The number of methoxy groups -OCH3 is 1. The van der Waals surface area contributed by atoms with Gasteiger partial charge in [0.05, 0.1) is 22.9 Å². The van der Waals surface area contributed by atoms with Gasteiger partial charge in [0.25, 0.3) is 5.91 Å². The number of halogens is 1. The molecule has 6 nitrogen and oxygen atoms in total. The van der Waals surface area contributed by atoms with E-state index in [1.165, 1.54) is 29.5 Å². The number of ether oxygens (including phenoxy) is 1. The molecule has 3 rings (SSSR count). The number of benzene rings is 2. The molecule has 146 valence electrons. The molecule has 0 saturated heterocycles. The van der Waals surface area contributed by atoms with E-state index in [0.717, 1.165) is 10.2 Å². The van der Waals surface area contributed by atoms with Crippen molar-refractivity contribution in [2.45, 2.75) is 19.9 Å². The summed E-state index contributed by atoms with van der Waals surface area (Å²) in [6.45, 7) is 3.60. The Morgan fingerprint density at radius 3 is 2.61 bits per heavy atom. The zero-order valence-electron chi connectivity index (χ0n) is 15.7. The van der Waals surface area contributed by atoms with Gasteiger partial charge in [-0.05, 0) is 36.2 Å². The van der Waals surface area contributed by atoms with Crippen molar-refractivity contribution in [1.29, 1.82) is 0 Å². The van der Waals surface area contributed by atoms with Crippen LogP contribution < -0.4 is 15.4 Å². The molecule has 1 heterocycles. The SMILES string of the molecule is COc1ccc2nc(NC(=O)[C@@H](NC(=O)c3ccccc3F)C(C)C)sc2c1. The predicted octanol–water partition coefficient (Wildman–Crippen LogP) is 3.84. The highest BCUT2D eigenvalue weighted by atomic mass is 32.1. The summed E-state index contributed by atoms with van der Waals surface area (Å²) in [6.07, 6.45) is 0. The topological polar surface area (TPSA) is 80.3 Å². The summed E-state index contributed by atoms with van der Waals surface area (Å²) < 4.78 is 19.9. The number of amides is 2. The maximum atomic E-state index is 13.8. The van der Waals surface area contributed by atoms with Gasteiger partial charge in [-0.1, -0.05) is 37.3 Å². The first-order chi connectivity index (χ1) is 13.4. The third-order valence-electron chi connectivity index (χ3n) is 4.18. The van der Waals surface area contributed by atoms with Gasteiger partial charge in [-0.3, -0.25) is 9.59 Å². The van der Waals surface area contributed by atoms with Crippen LogP contribution in [0.2, 0.25) is 0 Å². The minimum atomic E-state index is -0.839. The van der Waals surface area contributed by atoms with E-state index < -0.39 is 23.7 Å². The number of nitrogens with one attached hydrogen (secondary N) is 2. The number of hydrogen-bond donors (Lipinski definition) is 2. The number of anilines is 1. The van der Waals surface area contributed by atoms with E-state index in [-0.39, 0.29) is 11.5 Å². The van der Waals surface area contributed by atoms with Crippen LogP contribution in [0.25, 0.3) is 10.2 Å². The predicted molar refractivity (Wildman–Crippen MR) is 107 cm³/mol. The van der Waals surface area contributed by atoms with Crippen LogP contribution in [0, 0.1) is 11.7 Å². The van der Waals surface area contributed by atoms with Crippen LogP contribution in [0.3, 0.4) is 0 Å². The number of aromatic nitrogens is 1. The summed E-state index contributed by atoms with van der Waals surface area (Å²) in [4.78, 5) is 29.5. The van der Waals surface area contributed by atoms with Crippen LogP contribution in [0.5, 0.6) is 5.75 Å². The molecule has 1 aromatic heterocycles. The molecule has 0 saturated carbocycles. The van der Waals surface area contributed by atoms with Gasteiger partial charge in [0.2, 0.25) is 5.91 Å². The molecule has 0 bridgehead atoms. The van der Waals surface area contributed by atoms with Crippen molar-refractivity contribution in [3.05, 3.63) is 53.8 Å². The van der Waals surface area contributed by atoms with Gasteiger partial charge in [0.15, 0.2) is 5.13 Å². The number of fused-ring (bicyclic) bond motifs is 1. The maximum absolute atomic E-state index is 13.8. The summed E-state index contributed by atoms with van der Waals surface area (Å²) in [5.41, 5.74) is 0.630. The summed E-state index contributed by atoms with van der Waals surface area (Å²) in [5, 5.41) is 5.77. The number of nitrogens with zero attached hydrogens (tertiary/aromatic N) is 1. The Kier molecular flexibility index (Phi) is 5.89. The standard InChI is InChI=1S/C20H20FN3O3S/c1-11(2)17(23-18(25)13-6-4-5-7-14(13)21)19(26)24-20-22-15-9-8-12(27-3)10-16(15)28-20/h4-11,17H,1-3H3,(H,23,25)(H,22,24,26)/t17-/m0/s1. The van der Waals surface area contributed by atoms with Crippen LogP contribution in [0.15, 0.2) is 42.5 Å². The largest absolute Gasteiger partial charge is 0.497 e. The average Bonchev–Trinajstić information content (AvgIpc) is 3.06. The van der Waals surface area contributed by atoms with E-state index in [1.807, 2.05) is 6.07 Å². The summed E-state index contributed by atoms with van der Waals surface area (Å²) in [6, 6.07) is 10.2. The van der Waals surface area contributed by atoms with Gasteiger partial charge in [-0.25, -0.2) is 9.37 Å². The van der Waals surface area contributed by atoms with Crippen molar-refractivity contribution < 1.29 is 18.7 Å². The molecule has 0 fully saturated rings. The second-order valence-corrected chi connectivity index (χ2v) is 7.55. The second kappa shape index (κ2) is 8.35. The molecule has 0 aliphatic carbocycles. The Balaban J connectivity index is 1.76. The van der Waals surface area contributed by atoms with Crippen molar-refractivity contribution in [2.24, 2.45) is 5.92 Å². The van der Waals surface area contributed by atoms with Gasteiger partial charge in [0, 0.05) is 0 Å². The van der Waals surface area contributed by atoms with Crippen LogP contribution in [0.1, 0.15) is 24.2 Å². The Morgan fingerprint density at radius 1 is 1.18 bits per heavy atom. The highest BCUT2D eigenvalue weighted by molar-refractivity contribution is 7.22. The number of carbonyl (C=O) groups is 2. The molecule has 1 atom stereocenters. The fourth-order valence-corrected chi connectivity index (χ4v) is 3.57. The van der Waals surface area contributed by atoms with Crippen LogP contribution in [0.4, 0.5) is 9.52 Å². The van der Waals surface area contributed by atoms with E-state index in [2.05, 4.69) is 15.6 Å². The van der Waals surface area contributed by atoms with E-state index >= 15 is 0 Å². The summed E-state index contributed by atoms with van der Waals surface area (Å²) in [7, 11) is 1.58. The van der Waals surface area contributed by atoms with Crippen molar-refractivity contribution in [3.8, 4) is 5.75 Å². The maximum Gasteiger partial charge on any atom is 0.254 e. The zero-order valence-corrected chi connectivity index (χ0v) is 16.5. The quantitative estimate of drug-likeness (QED) is 0.658. The molecule has 8 heteroatoms. The van der Waals surface area contributed by atoms with E-state index in [9.17, 15) is 14.0 Å². The zero-order chi connectivity index (χ0) is 20.3. The molecule has 0 spiro atoms. The number of carbonyl (C=O) groups excluding carboxylic acids is 2. The van der Waals surface area contributed by atoms with E-state index in [4.69, 9.17) is 4.74 Å². The monoisotopic (exact) mass is 401 g/mol. The Morgan fingerprint density at radius 2 is 1.93 bits per heavy atom. The Hall–Kier alpha value is -3.00. The normalized spacial score (nSPS) is 12.0. The van der Waals surface area contributed by atoms with Crippen molar-refractivity contribution >= 4 is 38.5 Å². The molecule has 28 heavy (non-hydrogen) atoms. The third-order valence-corrected chi connectivity index (χ3v) is 5.11. The van der Waals surface area contributed by atoms with Gasteiger partial charge < -0.3 is 15.4 Å². The van der Waals surface area contributed by atoms with Gasteiger partial charge in [-0.2, -0.15) is 0 Å². The van der Waals surface area contributed by atoms with Crippen LogP contribution >= 0.6 is 11.3 Å². The lowest BCUT2D eigenvalue weighted by Crippen LogP contribution is -2.47. The smallest absolute Gasteiger partial charge is 0.254 e. The first kappa shape index (κ1) is 19.8. The fraction of sp³-hybridized carbons (Fsp3) is 0.250. The highest BCUT2D eigenvalue weighted by Crippen LogP contribution is 2.29. The number of thiazole rings is 1. The van der Waals surface area contributed by atoms with Gasteiger partial charge in [0.1, 0.15) is 17.6 Å². The molecule has 2 aromatic carbocycles. The molecule has 0 aliphatic rings. The molecule has 0 unspecified atom stereocenters. The van der Waals surface area contributed by atoms with Crippen molar-refractivity contribution in [2.75, 3.05) is 12.4 Å². The fourth-order valence-electron chi connectivity index (χ4n) is 2.67. The summed E-state index contributed by atoms with van der Waals surface area (Å²) >= 11 is 1.31. The molecule has 0 aliphatic heterocycles. The van der Waals surface area contributed by atoms with Crippen LogP contribution in [-0.2, 0) is 4.79 Å².